The summed E-state index contributed by atoms with van der Waals surface area (Å²) in [6.45, 7) is 0.864. The zero-order valence-corrected chi connectivity index (χ0v) is 8.08. The topological polar surface area (TPSA) is 53.7 Å². The van der Waals surface area contributed by atoms with E-state index in [1.165, 1.54) is 0 Å². The molecule has 2 N–H and O–H groups in total. The predicted octanol–water partition coefficient (Wildman–Crippen LogP) is 0.925. The lowest BCUT2D eigenvalue weighted by atomic mass is 10.1. The maximum absolute atomic E-state index is 5.51. The lowest BCUT2D eigenvalue weighted by Gasteiger charge is -2.07. The van der Waals surface area contributed by atoms with Gasteiger partial charge in [-0.15, -0.1) is 0 Å². The zero-order chi connectivity index (χ0) is 9.97. The Balaban J connectivity index is 2.41. The van der Waals surface area contributed by atoms with Crippen LogP contribution in [0.5, 0.6) is 17.2 Å². The van der Waals surface area contributed by atoms with Crippen molar-refractivity contribution in [1.82, 2.24) is 0 Å². The Morgan fingerprint density at radius 2 is 2.29 bits per heavy atom. The van der Waals surface area contributed by atoms with Gasteiger partial charge in [0.1, 0.15) is 5.75 Å². The van der Waals surface area contributed by atoms with E-state index >= 15 is 0 Å². The molecule has 0 saturated carbocycles. The fraction of sp³-hybridized carbons (Fsp3) is 0.400. The molecule has 76 valence electrons. The number of rotatable bonds is 3. The summed E-state index contributed by atoms with van der Waals surface area (Å²) < 4.78 is 15.8. The number of benzene rings is 1. The molecule has 1 heterocycles. The van der Waals surface area contributed by atoms with Crippen molar-refractivity contribution in [2.24, 2.45) is 5.73 Å². The van der Waals surface area contributed by atoms with Crippen molar-refractivity contribution in [1.29, 1.82) is 0 Å². The molecular formula is C10H13NO3. The number of methoxy groups -OCH3 is 1. The Kier molecular flexibility index (Phi) is 2.45. The zero-order valence-electron chi connectivity index (χ0n) is 8.08. The van der Waals surface area contributed by atoms with E-state index in [4.69, 9.17) is 19.9 Å². The third-order valence-corrected chi connectivity index (χ3v) is 2.17. The second-order valence-electron chi connectivity index (χ2n) is 3.06. The summed E-state index contributed by atoms with van der Waals surface area (Å²) in [5.74, 6) is 2.32. The lowest BCUT2D eigenvalue weighted by Crippen LogP contribution is -2.04. The van der Waals surface area contributed by atoms with Crippen LogP contribution < -0.4 is 19.9 Å². The van der Waals surface area contributed by atoms with Gasteiger partial charge in [0.2, 0.25) is 6.79 Å². The highest BCUT2D eigenvalue weighted by molar-refractivity contribution is 5.53. The number of hydrogen-bond acceptors (Lipinski definition) is 4. The van der Waals surface area contributed by atoms with E-state index in [1.54, 1.807) is 7.11 Å². The van der Waals surface area contributed by atoms with Crippen molar-refractivity contribution in [2.45, 2.75) is 6.42 Å². The van der Waals surface area contributed by atoms with Crippen molar-refractivity contribution in [3.8, 4) is 17.2 Å². The SMILES string of the molecule is COc1cc(CCN)c2c(c1)OCO2. The van der Waals surface area contributed by atoms with Crippen LogP contribution in [0.25, 0.3) is 0 Å². The molecule has 1 aliphatic heterocycles. The Hall–Kier alpha value is -1.42. The normalized spacial score (nSPS) is 13.0. The van der Waals surface area contributed by atoms with Crippen molar-refractivity contribution in [3.05, 3.63) is 17.7 Å². The van der Waals surface area contributed by atoms with Crippen molar-refractivity contribution >= 4 is 0 Å². The third-order valence-electron chi connectivity index (χ3n) is 2.17. The first-order valence-corrected chi connectivity index (χ1v) is 4.51. The highest BCUT2D eigenvalue weighted by atomic mass is 16.7. The Labute approximate surface area is 82.6 Å². The van der Waals surface area contributed by atoms with Gasteiger partial charge in [0, 0.05) is 11.6 Å². The van der Waals surface area contributed by atoms with Crippen LogP contribution >= 0.6 is 0 Å². The van der Waals surface area contributed by atoms with Gasteiger partial charge in [0.15, 0.2) is 11.5 Å². The number of ether oxygens (including phenoxy) is 3. The van der Waals surface area contributed by atoms with E-state index < -0.39 is 0 Å². The molecule has 0 atom stereocenters. The summed E-state index contributed by atoms with van der Waals surface area (Å²) in [6, 6.07) is 3.75. The van der Waals surface area contributed by atoms with Crippen molar-refractivity contribution in [2.75, 3.05) is 20.4 Å². The number of nitrogens with two attached hydrogens (primary N) is 1. The summed E-state index contributed by atoms with van der Waals surface area (Å²) in [5, 5.41) is 0. The van der Waals surface area contributed by atoms with E-state index in [1.807, 2.05) is 12.1 Å². The summed E-state index contributed by atoms with van der Waals surface area (Å²) in [7, 11) is 1.63. The highest BCUT2D eigenvalue weighted by Crippen LogP contribution is 2.39. The molecule has 0 spiro atoms. The van der Waals surface area contributed by atoms with Crippen LogP contribution in [-0.2, 0) is 6.42 Å². The van der Waals surface area contributed by atoms with E-state index in [0.29, 0.717) is 6.54 Å². The fourth-order valence-corrected chi connectivity index (χ4v) is 1.51. The number of hydrogen-bond donors (Lipinski definition) is 1. The van der Waals surface area contributed by atoms with Gasteiger partial charge in [-0.1, -0.05) is 0 Å². The molecule has 14 heavy (non-hydrogen) atoms. The molecule has 4 nitrogen and oxygen atoms in total. The van der Waals surface area contributed by atoms with Crippen LogP contribution in [0.1, 0.15) is 5.56 Å². The van der Waals surface area contributed by atoms with Gasteiger partial charge in [0.25, 0.3) is 0 Å². The molecule has 1 aromatic carbocycles. The van der Waals surface area contributed by atoms with Crippen LogP contribution in [0.4, 0.5) is 0 Å². The van der Waals surface area contributed by atoms with Crippen molar-refractivity contribution < 1.29 is 14.2 Å². The first-order chi connectivity index (χ1) is 6.85. The van der Waals surface area contributed by atoms with Crippen LogP contribution in [0.2, 0.25) is 0 Å². The molecule has 1 aromatic rings. The molecule has 0 aromatic heterocycles. The maximum Gasteiger partial charge on any atom is 0.231 e. The van der Waals surface area contributed by atoms with E-state index in [0.717, 1.165) is 29.2 Å². The third kappa shape index (κ3) is 1.48. The van der Waals surface area contributed by atoms with Gasteiger partial charge in [0.05, 0.1) is 7.11 Å². The maximum atomic E-state index is 5.51. The van der Waals surface area contributed by atoms with E-state index in [9.17, 15) is 0 Å². The Morgan fingerprint density at radius 3 is 3.00 bits per heavy atom. The Morgan fingerprint density at radius 1 is 1.43 bits per heavy atom. The summed E-state index contributed by atoms with van der Waals surface area (Å²) in [6.07, 6.45) is 0.767. The molecule has 1 aliphatic rings. The Bertz CT molecular complexity index is 338. The molecule has 0 amide bonds. The molecule has 0 radical (unpaired) electrons. The molecule has 4 heteroatoms. The second-order valence-corrected chi connectivity index (χ2v) is 3.06. The summed E-state index contributed by atoms with van der Waals surface area (Å²) in [4.78, 5) is 0. The molecular weight excluding hydrogens is 182 g/mol. The fourth-order valence-electron chi connectivity index (χ4n) is 1.51. The monoisotopic (exact) mass is 195 g/mol. The smallest absolute Gasteiger partial charge is 0.231 e. The average molecular weight is 195 g/mol. The highest BCUT2D eigenvalue weighted by Gasteiger charge is 2.18. The van der Waals surface area contributed by atoms with Crippen LogP contribution in [0.3, 0.4) is 0 Å². The minimum absolute atomic E-state index is 0.278. The molecule has 0 bridgehead atoms. The van der Waals surface area contributed by atoms with Gasteiger partial charge in [-0.05, 0) is 19.0 Å². The lowest BCUT2D eigenvalue weighted by molar-refractivity contribution is 0.173. The predicted molar refractivity (Wildman–Crippen MR) is 51.9 cm³/mol. The van der Waals surface area contributed by atoms with Crippen LogP contribution in [0.15, 0.2) is 12.1 Å². The first-order valence-electron chi connectivity index (χ1n) is 4.51. The van der Waals surface area contributed by atoms with Gasteiger partial charge >= 0.3 is 0 Å². The van der Waals surface area contributed by atoms with Gasteiger partial charge in [-0.3, -0.25) is 0 Å². The summed E-state index contributed by atoms with van der Waals surface area (Å²) in [5.41, 5.74) is 6.55. The molecule has 2 rings (SSSR count). The second kappa shape index (κ2) is 3.75. The minimum Gasteiger partial charge on any atom is -0.497 e. The molecule has 0 saturated heterocycles. The van der Waals surface area contributed by atoms with E-state index in [2.05, 4.69) is 0 Å². The molecule has 0 fully saturated rings. The van der Waals surface area contributed by atoms with Crippen LogP contribution in [0, 0.1) is 0 Å². The van der Waals surface area contributed by atoms with Gasteiger partial charge in [-0.2, -0.15) is 0 Å². The first kappa shape index (κ1) is 9.15. The van der Waals surface area contributed by atoms with E-state index in [-0.39, 0.29) is 6.79 Å². The van der Waals surface area contributed by atoms with Gasteiger partial charge < -0.3 is 19.9 Å². The quantitative estimate of drug-likeness (QED) is 0.779. The van der Waals surface area contributed by atoms with Gasteiger partial charge in [-0.25, -0.2) is 0 Å². The average Bonchev–Trinajstić information content (AvgIpc) is 2.66. The summed E-state index contributed by atoms with van der Waals surface area (Å²) >= 11 is 0. The molecule has 0 aliphatic carbocycles. The largest absolute Gasteiger partial charge is 0.497 e. The molecule has 0 unspecified atom stereocenters. The van der Waals surface area contributed by atoms with Crippen molar-refractivity contribution in [3.63, 3.8) is 0 Å². The number of fused-ring (bicyclic) bond motifs is 1. The standard InChI is InChI=1S/C10H13NO3/c1-12-8-4-7(2-3-11)10-9(5-8)13-6-14-10/h4-5H,2-3,6,11H2,1H3. The van der Waals surface area contributed by atoms with Crippen LogP contribution in [-0.4, -0.2) is 20.4 Å². The minimum atomic E-state index is 0.278.